The maximum Gasteiger partial charge on any atom is 0.200 e. The van der Waals surface area contributed by atoms with Crippen LogP contribution >= 0.6 is 11.3 Å². The molecule has 0 unspecified atom stereocenters. The van der Waals surface area contributed by atoms with Crippen LogP contribution in [0.25, 0.3) is 38.3 Å². The Kier molecular flexibility index (Phi) is 5.62. The summed E-state index contributed by atoms with van der Waals surface area (Å²) in [6.45, 7) is 9.22. The number of hydrogen-bond donors (Lipinski definition) is 0. The molecule has 1 aliphatic rings. The summed E-state index contributed by atoms with van der Waals surface area (Å²) < 4.78 is 13.1. The molecule has 5 heteroatoms. The third-order valence-electron chi connectivity index (χ3n) is 5.94. The summed E-state index contributed by atoms with van der Waals surface area (Å²) in [5, 5.41) is 1.88. The third-order valence-corrected chi connectivity index (χ3v) is 7.34. The van der Waals surface area contributed by atoms with Crippen LogP contribution in [0.3, 0.4) is 0 Å². The van der Waals surface area contributed by atoms with Gasteiger partial charge in [-0.05, 0) is 31.9 Å². The molecule has 164 valence electrons. The van der Waals surface area contributed by atoms with Crippen LogP contribution in [0, 0.1) is 0 Å². The molecule has 0 saturated carbocycles. The van der Waals surface area contributed by atoms with Crippen molar-refractivity contribution in [3.8, 4) is 11.1 Å². The maximum absolute atomic E-state index is 13.0. The molecule has 1 fully saturated rings. The molecule has 0 N–H and O–H groups in total. The summed E-state index contributed by atoms with van der Waals surface area (Å²) in [6.07, 6.45) is 3.27. The fourth-order valence-corrected chi connectivity index (χ4v) is 5.67. The number of para-hydroxylation sites is 1. The Balaban J connectivity index is 1.76. The van der Waals surface area contributed by atoms with Crippen LogP contribution in [-0.4, -0.2) is 26.3 Å². The molecule has 2 aromatic heterocycles. The monoisotopic (exact) mass is 445 g/mol. The highest BCUT2D eigenvalue weighted by atomic mass is 32.1. The van der Waals surface area contributed by atoms with E-state index in [9.17, 15) is 4.79 Å². The maximum atomic E-state index is 13.0. The Morgan fingerprint density at radius 1 is 1.06 bits per heavy atom. The van der Waals surface area contributed by atoms with E-state index in [0.717, 1.165) is 30.6 Å². The van der Waals surface area contributed by atoms with Crippen molar-refractivity contribution in [3.63, 3.8) is 0 Å². The fraction of sp³-hybridized carbons (Fsp3) is 0.296. The third kappa shape index (κ3) is 3.65. The molecule has 0 spiro atoms. The normalized spacial score (nSPS) is 14.3. The number of benzene rings is 2. The first-order valence-corrected chi connectivity index (χ1v) is 12.0. The molecule has 0 aliphatic carbocycles. The highest BCUT2D eigenvalue weighted by molar-refractivity contribution is 7.20. The zero-order chi connectivity index (χ0) is 22.2. The number of nitrogens with zero attached hydrogens (tertiary/aromatic N) is 1. The highest BCUT2D eigenvalue weighted by Crippen LogP contribution is 2.41. The van der Waals surface area contributed by atoms with Crippen molar-refractivity contribution in [2.75, 3.05) is 31.2 Å². The number of fused-ring (bicyclic) bond motifs is 2. The minimum atomic E-state index is -0.00702. The zero-order valence-corrected chi connectivity index (χ0v) is 19.6. The van der Waals surface area contributed by atoms with Gasteiger partial charge >= 0.3 is 0 Å². The van der Waals surface area contributed by atoms with E-state index in [0.29, 0.717) is 30.1 Å². The molecule has 32 heavy (non-hydrogen) atoms. The van der Waals surface area contributed by atoms with E-state index in [1.165, 1.54) is 26.1 Å². The lowest BCUT2D eigenvalue weighted by Crippen LogP contribution is -2.36. The summed E-state index contributed by atoms with van der Waals surface area (Å²) >= 11 is 1.84. The summed E-state index contributed by atoms with van der Waals surface area (Å²) in [5.74, 6) is 0.621. The molecule has 0 amide bonds. The minimum absolute atomic E-state index is 0.00702. The molecule has 0 atom stereocenters. The predicted molar refractivity (Wildman–Crippen MR) is 135 cm³/mol. The Hall–Kier alpha value is -2.89. The van der Waals surface area contributed by atoms with E-state index in [-0.39, 0.29) is 5.43 Å². The van der Waals surface area contributed by atoms with Crippen LogP contribution in [0.4, 0.5) is 5.88 Å². The average Bonchev–Trinajstić information content (AvgIpc) is 3.16. The van der Waals surface area contributed by atoms with Crippen molar-refractivity contribution in [1.82, 2.24) is 0 Å². The largest absolute Gasteiger partial charge is 0.440 e. The van der Waals surface area contributed by atoms with Gasteiger partial charge < -0.3 is 14.1 Å². The molecule has 1 aliphatic heterocycles. The standard InChI is InChI=1S/C27H27NO3S/c1-4-24-22(15-17(2)3)20-9-6-8-19(27(20)32-24)18-7-5-10-21-23(29)16-25(31-26(18)21)28-11-13-30-14-12-28/h5-10,15-16H,4,11-14H2,1-3H3. The van der Waals surface area contributed by atoms with Crippen molar-refractivity contribution >= 4 is 44.4 Å². The van der Waals surface area contributed by atoms with E-state index in [2.05, 4.69) is 56.0 Å². The quantitative estimate of drug-likeness (QED) is 0.360. The summed E-state index contributed by atoms with van der Waals surface area (Å²) in [6, 6.07) is 13.9. The van der Waals surface area contributed by atoms with Crippen LogP contribution in [0.2, 0.25) is 0 Å². The van der Waals surface area contributed by atoms with Gasteiger partial charge in [0.2, 0.25) is 0 Å². The van der Waals surface area contributed by atoms with E-state index in [1.807, 2.05) is 23.5 Å². The topological polar surface area (TPSA) is 42.7 Å². The smallest absolute Gasteiger partial charge is 0.200 e. The van der Waals surface area contributed by atoms with Gasteiger partial charge in [0, 0.05) is 45.2 Å². The Morgan fingerprint density at radius 2 is 1.78 bits per heavy atom. The molecule has 0 radical (unpaired) electrons. The molecular formula is C27H27NO3S. The Bertz CT molecular complexity index is 1390. The van der Waals surface area contributed by atoms with Gasteiger partial charge in [-0.2, -0.15) is 0 Å². The van der Waals surface area contributed by atoms with E-state index < -0.39 is 0 Å². The molecule has 0 bridgehead atoms. The van der Waals surface area contributed by atoms with Gasteiger partial charge in [0.05, 0.1) is 18.6 Å². The van der Waals surface area contributed by atoms with Gasteiger partial charge in [-0.1, -0.05) is 48.9 Å². The number of aryl methyl sites for hydroxylation is 1. The first-order chi connectivity index (χ1) is 15.6. The number of thiophene rings is 1. The first-order valence-electron chi connectivity index (χ1n) is 11.2. The SMILES string of the molecule is CCc1sc2c(-c3cccc4c(=O)cc(N5CCOCC5)oc34)cccc2c1C=C(C)C. The second kappa shape index (κ2) is 8.57. The van der Waals surface area contributed by atoms with Gasteiger partial charge in [0.25, 0.3) is 0 Å². The van der Waals surface area contributed by atoms with E-state index in [4.69, 9.17) is 9.15 Å². The second-order valence-corrected chi connectivity index (χ2v) is 9.53. The molecule has 4 aromatic rings. The summed E-state index contributed by atoms with van der Waals surface area (Å²) in [5.41, 5.74) is 5.33. The van der Waals surface area contributed by atoms with Crippen LogP contribution in [-0.2, 0) is 11.2 Å². The van der Waals surface area contributed by atoms with Gasteiger partial charge in [-0.15, -0.1) is 11.3 Å². The van der Waals surface area contributed by atoms with Gasteiger partial charge in [0.15, 0.2) is 11.3 Å². The number of rotatable bonds is 4. The Labute approximate surface area is 191 Å². The number of ether oxygens (including phenoxy) is 1. The van der Waals surface area contributed by atoms with Gasteiger partial charge in [-0.25, -0.2) is 0 Å². The van der Waals surface area contributed by atoms with Crippen LogP contribution in [0.1, 0.15) is 31.2 Å². The number of anilines is 1. The van der Waals surface area contributed by atoms with E-state index in [1.54, 1.807) is 6.07 Å². The van der Waals surface area contributed by atoms with Crippen molar-refractivity contribution < 1.29 is 9.15 Å². The lowest BCUT2D eigenvalue weighted by atomic mass is 9.99. The first kappa shape index (κ1) is 21.0. The van der Waals surface area contributed by atoms with Gasteiger partial charge in [-0.3, -0.25) is 4.79 Å². The van der Waals surface area contributed by atoms with Crippen molar-refractivity contribution in [1.29, 1.82) is 0 Å². The van der Waals surface area contributed by atoms with Crippen LogP contribution in [0.15, 0.2) is 57.2 Å². The average molecular weight is 446 g/mol. The molecule has 1 saturated heterocycles. The summed E-state index contributed by atoms with van der Waals surface area (Å²) in [4.78, 5) is 16.5. The predicted octanol–water partition coefficient (Wildman–Crippen LogP) is 6.50. The van der Waals surface area contributed by atoms with Crippen LogP contribution in [0.5, 0.6) is 0 Å². The van der Waals surface area contributed by atoms with Crippen molar-refractivity contribution in [3.05, 3.63) is 68.7 Å². The van der Waals surface area contributed by atoms with E-state index >= 15 is 0 Å². The number of morpholine rings is 1. The minimum Gasteiger partial charge on any atom is -0.440 e. The number of hydrogen-bond acceptors (Lipinski definition) is 5. The zero-order valence-electron chi connectivity index (χ0n) is 18.7. The molecule has 4 nitrogen and oxygen atoms in total. The second-order valence-electron chi connectivity index (χ2n) is 8.43. The molecule has 3 heterocycles. The lowest BCUT2D eigenvalue weighted by Gasteiger charge is -2.27. The van der Waals surface area contributed by atoms with Gasteiger partial charge in [0.1, 0.15) is 5.58 Å². The Morgan fingerprint density at radius 3 is 2.50 bits per heavy atom. The van der Waals surface area contributed by atoms with Crippen LogP contribution < -0.4 is 10.3 Å². The molecular weight excluding hydrogens is 418 g/mol. The molecule has 5 rings (SSSR count). The van der Waals surface area contributed by atoms with Crippen molar-refractivity contribution in [2.24, 2.45) is 0 Å². The lowest BCUT2D eigenvalue weighted by molar-refractivity contribution is 0.121. The highest BCUT2D eigenvalue weighted by Gasteiger charge is 2.19. The number of allylic oxidation sites excluding steroid dienone is 1. The van der Waals surface area contributed by atoms with Crippen molar-refractivity contribution in [2.45, 2.75) is 27.2 Å². The fourth-order valence-electron chi connectivity index (χ4n) is 4.43. The summed E-state index contributed by atoms with van der Waals surface area (Å²) in [7, 11) is 0. The molecule has 2 aromatic carbocycles.